The molecular formula is C18H37F2N3O. The van der Waals surface area contributed by atoms with Crippen LogP contribution in [0.2, 0.25) is 0 Å². The number of rotatable bonds is 4. The fourth-order valence-corrected chi connectivity index (χ4v) is 2.76. The number of piperidine rings is 1. The Labute approximate surface area is 146 Å². The van der Waals surface area contributed by atoms with Crippen molar-refractivity contribution in [3.05, 3.63) is 0 Å². The fraction of sp³-hybridized carbons (Fsp3) is 0.944. The molecule has 1 saturated heterocycles. The standard InChI is InChI=1S/C8H14F2N2O.C7H15N.C3H8/c9-8(10)2-5-12(6-3-8)4-1-7(11)13;1-8-7-5-3-2-4-6-7;1-3-2/h1-6H2,(H2,11,13);7-8H,2-6H2,1H3;3H2,1-2H3. The average Bonchev–Trinajstić information content (AvgIpc) is 2.56. The highest BCUT2D eigenvalue weighted by Gasteiger charge is 2.33. The predicted octanol–water partition coefficient (Wildman–Crippen LogP) is 3.55. The van der Waals surface area contributed by atoms with Gasteiger partial charge in [-0.1, -0.05) is 39.5 Å². The molecule has 0 aromatic heterocycles. The Kier molecular flexibility index (Phi) is 13.1. The minimum atomic E-state index is -2.51. The van der Waals surface area contributed by atoms with Gasteiger partial charge in [0.15, 0.2) is 0 Å². The van der Waals surface area contributed by atoms with Gasteiger partial charge in [-0.3, -0.25) is 4.79 Å². The lowest BCUT2D eigenvalue weighted by atomic mass is 9.96. The summed E-state index contributed by atoms with van der Waals surface area (Å²) in [6.45, 7) is 5.48. The lowest BCUT2D eigenvalue weighted by molar-refractivity contribution is -0.118. The maximum absolute atomic E-state index is 12.7. The smallest absolute Gasteiger partial charge is 0.250 e. The summed E-state index contributed by atoms with van der Waals surface area (Å²) < 4.78 is 25.3. The molecule has 1 aliphatic carbocycles. The van der Waals surface area contributed by atoms with E-state index in [-0.39, 0.29) is 25.2 Å². The van der Waals surface area contributed by atoms with Gasteiger partial charge >= 0.3 is 0 Å². The van der Waals surface area contributed by atoms with Crippen LogP contribution in [0, 0.1) is 0 Å². The lowest BCUT2D eigenvalue weighted by Gasteiger charge is -2.31. The molecule has 1 heterocycles. The second kappa shape index (κ2) is 13.5. The van der Waals surface area contributed by atoms with Crippen molar-refractivity contribution in [3.8, 4) is 0 Å². The molecule has 2 aliphatic rings. The molecule has 2 rings (SSSR count). The molecule has 0 bridgehead atoms. The molecule has 24 heavy (non-hydrogen) atoms. The van der Waals surface area contributed by atoms with E-state index in [1.165, 1.54) is 38.5 Å². The van der Waals surface area contributed by atoms with Crippen LogP contribution in [0.4, 0.5) is 8.78 Å². The van der Waals surface area contributed by atoms with Crippen LogP contribution < -0.4 is 11.1 Å². The number of halogens is 2. The Balaban J connectivity index is 0.000000409. The summed E-state index contributed by atoms with van der Waals surface area (Å²) in [5.74, 6) is -2.89. The van der Waals surface area contributed by atoms with Crippen LogP contribution in [0.1, 0.15) is 71.6 Å². The highest BCUT2D eigenvalue weighted by Crippen LogP contribution is 2.27. The summed E-state index contributed by atoms with van der Waals surface area (Å²) in [4.78, 5) is 12.3. The molecule has 1 amide bonds. The number of nitrogens with one attached hydrogen (secondary N) is 1. The van der Waals surface area contributed by atoms with Gasteiger partial charge in [0.1, 0.15) is 0 Å². The van der Waals surface area contributed by atoms with E-state index in [0.29, 0.717) is 19.6 Å². The molecule has 0 spiro atoms. The molecule has 1 saturated carbocycles. The second-order valence-electron chi connectivity index (χ2n) is 6.74. The summed E-state index contributed by atoms with van der Waals surface area (Å²) in [5, 5.41) is 3.30. The van der Waals surface area contributed by atoms with Crippen molar-refractivity contribution in [2.24, 2.45) is 5.73 Å². The Bertz CT molecular complexity index is 311. The third-order valence-electron chi connectivity index (χ3n) is 4.28. The maximum Gasteiger partial charge on any atom is 0.250 e. The van der Waals surface area contributed by atoms with Gasteiger partial charge in [-0.15, -0.1) is 0 Å². The third kappa shape index (κ3) is 12.6. The van der Waals surface area contributed by atoms with Crippen LogP contribution in [-0.4, -0.2) is 49.5 Å². The number of nitrogens with zero attached hydrogens (tertiary/aromatic N) is 1. The molecule has 0 unspecified atom stereocenters. The number of hydrogen-bond donors (Lipinski definition) is 2. The number of likely N-dealkylation sites (tertiary alicyclic amines) is 1. The molecule has 0 radical (unpaired) electrons. The van der Waals surface area contributed by atoms with Crippen molar-refractivity contribution in [1.29, 1.82) is 0 Å². The highest BCUT2D eigenvalue weighted by molar-refractivity contribution is 5.73. The molecule has 1 aliphatic heterocycles. The first-order chi connectivity index (χ1) is 11.3. The zero-order valence-electron chi connectivity index (χ0n) is 15.8. The second-order valence-corrected chi connectivity index (χ2v) is 6.74. The molecule has 6 heteroatoms. The van der Waals surface area contributed by atoms with Gasteiger partial charge in [-0.05, 0) is 19.9 Å². The van der Waals surface area contributed by atoms with E-state index in [0.717, 1.165) is 6.04 Å². The van der Waals surface area contributed by atoms with Crippen molar-refractivity contribution < 1.29 is 13.6 Å². The summed E-state index contributed by atoms with van der Waals surface area (Å²) in [7, 11) is 2.07. The number of hydrogen-bond acceptors (Lipinski definition) is 3. The SMILES string of the molecule is CCC.CNC1CCCCC1.NC(=O)CCN1CCC(F)(F)CC1. The maximum atomic E-state index is 12.7. The van der Waals surface area contributed by atoms with E-state index in [1.54, 1.807) is 0 Å². The number of amides is 1. The Hall–Kier alpha value is -0.750. The largest absolute Gasteiger partial charge is 0.370 e. The van der Waals surface area contributed by atoms with E-state index >= 15 is 0 Å². The zero-order valence-corrected chi connectivity index (χ0v) is 15.8. The van der Waals surface area contributed by atoms with Crippen molar-refractivity contribution in [3.63, 3.8) is 0 Å². The highest BCUT2D eigenvalue weighted by atomic mass is 19.3. The molecule has 3 N–H and O–H groups in total. The Morgan fingerprint density at radius 3 is 2.04 bits per heavy atom. The molecule has 4 nitrogen and oxygen atoms in total. The van der Waals surface area contributed by atoms with Crippen molar-refractivity contribution in [1.82, 2.24) is 10.2 Å². The minimum Gasteiger partial charge on any atom is -0.370 e. The molecule has 0 atom stereocenters. The van der Waals surface area contributed by atoms with Crippen LogP contribution in [-0.2, 0) is 4.79 Å². The first-order valence-corrected chi connectivity index (χ1v) is 9.40. The van der Waals surface area contributed by atoms with Crippen molar-refractivity contribution in [2.75, 3.05) is 26.7 Å². The number of carbonyl (C=O) groups excluding carboxylic acids is 1. The Morgan fingerprint density at radius 2 is 1.67 bits per heavy atom. The van der Waals surface area contributed by atoms with Gasteiger partial charge in [0.2, 0.25) is 5.91 Å². The third-order valence-corrected chi connectivity index (χ3v) is 4.28. The monoisotopic (exact) mass is 349 g/mol. The Morgan fingerprint density at radius 1 is 1.17 bits per heavy atom. The van der Waals surface area contributed by atoms with Crippen LogP contribution >= 0.6 is 0 Å². The molecule has 2 fully saturated rings. The summed E-state index contributed by atoms with van der Waals surface area (Å²) in [6.07, 6.45) is 8.42. The van der Waals surface area contributed by atoms with Gasteiger partial charge in [0.05, 0.1) is 0 Å². The van der Waals surface area contributed by atoms with Gasteiger partial charge in [0, 0.05) is 44.9 Å². The van der Waals surface area contributed by atoms with Crippen LogP contribution in [0.3, 0.4) is 0 Å². The van der Waals surface area contributed by atoms with Crippen molar-refractivity contribution >= 4 is 5.91 Å². The van der Waals surface area contributed by atoms with E-state index in [4.69, 9.17) is 5.73 Å². The molecule has 0 aromatic rings. The zero-order chi connectivity index (χ0) is 18.4. The van der Waals surface area contributed by atoms with Crippen molar-refractivity contribution in [2.45, 2.75) is 83.6 Å². The lowest BCUT2D eigenvalue weighted by Crippen LogP contribution is -2.40. The van der Waals surface area contributed by atoms with E-state index < -0.39 is 5.92 Å². The quantitative estimate of drug-likeness (QED) is 0.816. The van der Waals surface area contributed by atoms with E-state index in [9.17, 15) is 13.6 Å². The first-order valence-electron chi connectivity index (χ1n) is 9.40. The van der Waals surface area contributed by atoms with Crippen LogP contribution in [0.15, 0.2) is 0 Å². The minimum absolute atomic E-state index is 0.105. The average molecular weight is 350 g/mol. The van der Waals surface area contributed by atoms with Crippen LogP contribution in [0.25, 0.3) is 0 Å². The molecule has 144 valence electrons. The van der Waals surface area contributed by atoms with Gasteiger partial charge in [0.25, 0.3) is 5.92 Å². The molecule has 0 aromatic carbocycles. The van der Waals surface area contributed by atoms with E-state index in [1.807, 2.05) is 4.90 Å². The van der Waals surface area contributed by atoms with Gasteiger partial charge in [-0.25, -0.2) is 8.78 Å². The van der Waals surface area contributed by atoms with Gasteiger partial charge in [-0.2, -0.15) is 0 Å². The fourth-order valence-electron chi connectivity index (χ4n) is 2.76. The topological polar surface area (TPSA) is 58.4 Å². The normalized spacial score (nSPS) is 21.0. The number of alkyl halides is 2. The summed E-state index contributed by atoms with van der Waals surface area (Å²) in [6, 6.07) is 0.837. The van der Waals surface area contributed by atoms with E-state index in [2.05, 4.69) is 26.2 Å². The summed E-state index contributed by atoms with van der Waals surface area (Å²) >= 11 is 0. The van der Waals surface area contributed by atoms with Gasteiger partial charge < -0.3 is 16.0 Å². The number of nitrogens with two attached hydrogens (primary N) is 1. The summed E-state index contributed by atoms with van der Waals surface area (Å²) in [5.41, 5.74) is 4.95. The number of carbonyl (C=O) groups is 1. The van der Waals surface area contributed by atoms with Crippen LogP contribution in [0.5, 0.6) is 0 Å². The molecular weight excluding hydrogens is 312 g/mol. The first kappa shape index (κ1) is 23.2. The number of primary amides is 1. The predicted molar refractivity (Wildman–Crippen MR) is 96.3 cm³/mol.